The molecule has 4 fully saturated rings. The molecule has 3 heteroatoms. The SMILES string of the molecule is CC[C@H](N)C(=O)NC(C)C12CC3CC(CC(C3)C1)C2. The number of nitrogens with two attached hydrogens (primary N) is 1. The highest BCUT2D eigenvalue weighted by Gasteiger charge is 2.53. The summed E-state index contributed by atoms with van der Waals surface area (Å²) in [4.78, 5) is 12.0. The van der Waals surface area contributed by atoms with E-state index >= 15 is 0 Å². The number of nitrogens with one attached hydrogen (secondary N) is 1. The molecule has 0 spiro atoms. The van der Waals surface area contributed by atoms with Gasteiger partial charge in [0, 0.05) is 6.04 Å². The molecule has 0 radical (unpaired) electrons. The molecule has 0 aromatic rings. The van der Waals surface area contributed by atoms with Gasteiger partial charge in [-0.1, -0.05) is 6.92 Å². The molecule has 2 atom stereocenters. The van der Waals surface area contributed by atoms with Crippen LogP contribution in [0.2, 0.25) is 0 Å². The zero-order valence-electron chi connectivity index (χ0n) is 12.3. The summed E-state index contributed by atoms with van der Waals surface area (Å²) < 4.78 is 0. The fraction of sp³-hybridized carbons (Fsp3) is 0.938. The van der Waals surface area contributed by atoms with Crippen LogP contribution >= 0.6 is 0 Å². The van der Waals surface area contributed by atoms with Crippen LogP contribution in [0.1, 0.15) is 58.8 Å². The first-order valence-electron chi connectivity index (χ1n) is 8.08. The molecule has 0 aromatic heterocycles. The highest BCUT2D eigenvalue weighted by atomic mass is 16.2. The minimum absolute atomic E-state index is 0.0470. The third-order valence-electron chi connectivity index (χ3n) is 6.14. The van der Waals surface area contributed by atoms with Crippen molar-refractivity contribution in [2.24, 2.45) is 28.9 Å². The number of carbonyl (C=O) groups excluding carboxylic acids is 1. The van der Waals surface area contributed by atoms with Crippen LogP contribution in [0.5, 0.6) is 0 Å². The van der Waals surface area contributed by atoms with Crippen molar-refractivity contribution in [1.82, 2.24) is 5.32 Å². The molecule has 0 aromatic carbocycles. The molecule has 0 heterocycles. The zero-order valence-corrected chi connectivity index (χ0v) is 12.3. The van der Waals surface area contributed by atoms with Gasteiger partial charge in [-0.2, -0.15) is 0 Å². The Hall–Kier alpha value is -0.570. The average molecular weight is 264 g/mol. The Balaban J connectivity index is 1.69. The van der Waals surface area contributed by atoms with E-state index in [2.05, 4.69) is 12.2 Å². The average Bonchev–Trinajstić information content (AvgIpc) is 2.36. The molecule has 3 nitrogen and oxygen atoms in total. The summed E-state index contributed by atoms with van der Waals surface area (Å²) in [6.45, 7) is 4.19. The van der Waals surface area contributed by atoms with Crippen LogP contribution < -0.4 is 11.1 Å². The standard InChI is InChI=1S/C16H28N2O/c1-3-14(17)15(19)18-10(2)16-7-11-4-12(8-16)6-13(5-11)9-16/h10-14H,3-9,17H2,1-2H3,(H,18,19)/t10?,11?,12?,13?,14-,16?/m0/s1. The lowest BCUT2D eigenvalue weighted by molar-refractivity contribution is -0.127. The minimum atomic E-state index is -0.337. The van der Waals surface area contributed by atoms with Gasteiger partial charge in [0.2, 0.25) is 5.91 Å². The quantitative estimate of drug-likeness (QED) is 0.819. The first kappa shape index (κ1) is 13.4. The number of hydrogen-bond acceptors (Lipinski definition) is 2. The van der Waals surface area contributed by atoms with Crippen molar-refractivity contribution in [2.75, 3.05) is 0 Å². The van der Waals surface area contributed by atoms with Crippen LogP contribution in [-0.2, 0) is 4.79 Å². The highest BCUT2D eigenvalue weighted by Crippen LogP contribution is 2.61. The summed E-state index contributed by atoms with van der Waals surface area (Å²) in [5, 5.41) is 3.22. The van der Waals surface area contributed by atoms with Crippen molar-refractivity contribution in [3.05, 3.63) is 0 Å². The first-order chi connectivity index (χ1) is 9.02. The number of hydrogen-bond donors (Lipinski definition) is 2. The fourth-order valence-electron chi connectivity index (χ4n) is 5.37. The predicted octanol–water partition coefficient (Wildman–Crippen LogP) is 2.44. The molecule has 1 unspecified atom stereocenters. The van der Waals surface area contributed by atoms with Gasteiger partial charge in [0.05, 0.1) is 6.04 Å². The normalized spacial score (nSPS) is 43.0. The maximum atomic E-state index is 12.0. The summed E-state index contributed by atoms with van der Waals surface area (Å²) in [5.74, 6) is 2.85. The van der Waals surface area contributed by atoms with Crippen molar-refractivity contribution < 1.29 is 4.79 Å². The van der Waals surface area contributed by atoms with Gasteiger partial charge in [-0.05, 0) is 75.0 Å². The molecular formula is C16H28N2O. The van der Waals surface area contributed by atoms with E-state index < -0.39 is 0 Å². The molecule has 0 saturated heterocycles. The molecule has 4 bridgehead atoms. The second-order valence-electron chi connectivity index (χ2n) is 7.52. The molecule has 4 aliphatic carbocycles. The van der Waals surface area contributed by atoms with Gasteiger partial charge in [0.25, 0.3) is 0 Å². The van der Waals surface area contributed by atoms with E-state index in [9.17, 15) is 4.79 Å². The number of rotatable bonds is 4. The lowest BCUT2D eigenvalue weighted by atomic mass is 9.48. The topological polar surface area (TPSA) is 55.1 Å². The second kappa shape index (κ2) is 4.76. The first-order valence-corrected chi connectivity index (χ1v) is 8.08. The molecule has 108 valence electrons. The van der Waals surface area contributed by atoms with E-state index in [4.69, 9.17) is 5.73 Å². The van der Waals surface area contributed by atoms with Crippen LogP contribution in [0.15, 0.2) is 0 Å². The van der Waals surface area contributed by atoms with Crippen LogP contribution in [0.25, 0.3) is 0 Å². The Labute approximate surface area is 116 Å². The second-order valence-corrected chi connectivity index (χ2v) is 7.52. The predicted molar refractivity (Wildman–Crippen MR) is 76.5 cm³/mol. The highest BCUT2D eigenvalue weighted by molar-refractivity contribution is 5.81. The van der Waals surface area contributed by atoms with Crippen molar-refractivity contribution >= 4 is 5.91 Å². The van der Waals surface area contributed by atoms with Gasteiger partial charge in [0.1, 0.15) is 0 Å². The van der Waals surface area contributed by atoms with Crippen LogP contribution in [-0.4, -0.2) is 18.0 Å². The summed E-state index contributed by atoms with van der Waals surface area (Å²) in [7, 11) is 0. The number of carbonyl (C=O) groups is 1. The van der Waals surface area contributed by atoms with Crippen LogP contribution in [0.3, 0.4) is 0 Å². The fourth-order valence-corrected chi connectivity index (χ4v) is 5.37. The third kappa shape index (κ3) is 2.31. The maximum absolute atomic E-state index is 12.0. The molecule has 0 aliphatic heterocycles. The van der Waals surface area contributed by atoms with Crippen molar-refractivity contribution in [1.29, 1.82) is 0 Å². The van der Waals surface area contributed by atoms with Crippen LogP contribution in [0.4, 0.5) is 0 Å². The van der Waals surface area contributed by atoms with Gasteiger partial charge in [-0.15, -0.1) is 0 Å². The van der Waals surface area contributed by atoms with Crippen LogP contribution in [0, 0.1) is 23.2 Å². The summed E-state index contributed by atoms with van der Waals surface area (Å²) in [6, 6.07) is -0.0395. The van der Waals surface area contributed by atoms with Crippen molar-refractivity contribution in [3.8, 4) is 0 Å². The molecule has 1 amide bonds. The van der Waals surface area contributed by atoms with E-state index in [0.29, 0.717) is 11.5 Å². The van der Waals surface area contributed by atoms with Gasteiger partial charge in [0.15, 0.2) is 0 Å². The molecular weight excluding hydrogens is 236 g/mol. The van der Waals surface area contributed by atoms with E-state index in [1.54, 1.807) is 0 Å². The summed E-state index contributed by atoms with van der Waals surface area (Å²) in [6.07, 6.45) is 9.09. The van der Waals surface area contributed by atoms with Crippen molar-refractivity contribution in [3.63, 3.8) is 0 Å². The minimum Gasteiger partial charge on any atom is -0.352 e. The Kier molecular flexibility index (Phi) is 3.36. The zero-order chi connectivity index (χ0) is 13.6. The third-order valence-corrected chi connectivity index (χ3v) is 6.14. The molecule has 4 saturated carbocycles. The van der Waals surface area contributed by atoms with E-state index in [0.717, 1.165) is 24.2 Å². The molecule has 3 N–H and O–H groups in total. The largest absolute Gasteiger partial charge is 0.352 e. The molecule has 4 rings (SSSR count). The van der Waals surface area contributed by atoms with Gasteiger partial charge >= 0.3 is 0 Å². The monoisotopic (exact) mass is 264 g/mol. The Morgan fingerprint density at radius 2 is 1.68 bits per heavy atom. The lowest BCUT2D eigenvalue weighted by Crippen LogP contribution is -2.57. The summed E-state index contributed by atoms with van der Waals surface area (Å²) in [5.41, 5.74) is 6.23. The number of amides is 1. The lowest BCUT2D eigenvalue weighted by Gasteiger charge is -2.59. The van der Waals surface area contributed by atoms with E-state index in [-0.39, 0.29) is 11.9 Å². The Morgan fingerprint density at radius 1 is 1.21 bits per heavy atom. The molecule has 4 aliphatic rings. The van der Waals surface area contributed by atoms with E-state index in [1.807, 2.05) is 6.92 Å². The molecule has 19 heavy (non-hydrogen) atoms. The maximum Gasteiger partial charge on any atom is 0.237 e. The summed E-state index contributed by atoms with van der Waals surface area (Å²) >= 11 is 0. The van der Waals surface area contributed by atoms with E-state index in [1.165, 1.54) is 38.5 Å². The van der Waals surface area contributed by atoms with Gasteiger partial charge < -0.3 is 11.1 Å². The smallest absolute Gasteiger partial charge is 0.237 e. The Morgan fingerprint density at radius 3 is 2.11 bits per heavy atom. The van der Waals surface area contributed by atoms with Crippen molar-refractivity contribution in [2.45, 2.75) is 70.9 Å². The van der Waals surface area contributed by atoms with Gasteiger partial charge in [-0.3, -0.25) is 4.79 Å². The Bertz CT molecular complexity index is 330. The van der Waals surface area contributed by atoms with Gasteiger partial charge in [-0.25, -0.2) is 0 Å².